The van der Waals surface area contributed by atoms with E-state index in [0.717, 1.165) is 5.56 Å². The summed E-state index contributed by atoms with van der Waals surface area (Å²) in [5.41, 5.74) is 0.108. The number of nitrogens with zero attached hydrogens (tertiary/aromatic N) is 4. The summed E-state index contributed by atoms with van der Waals surface area (Å²) in [6.07, 6.45) is -1.01. The molecule has 2 saturated heterocycles. The molecule has 0 spiro atoms. The molecule has 0 unspecified atom stereocenters. The smallest absolute Gasteiger partial charge is 0.409 e. The monoisotopic (exact) mass is 640 g/mol. The molecule has 2 fully saturated rings. The van der Waals surface area contributed by atoms with Crippen LogP contribution < -0.4 is 15.4 Å². The first-order valence-corrected chi connectivity index (χ1v) is 15.2. The highest BCUT2D eigenvalue weighted by atomic mass is 16.6. The lowest BCUT2D eigenvalue weighted by Gasteiger charge is -2.41. The average molecular weight is 641 g/mol. The minimum Gasteiger partial charge on any atom is -0.483 e. The van der Waals surface area contributed by atoms with Crippen LogP contribution in [-0.2, 0) is 23.9 Å². The van der Waals surface area contributed by atoms with Crippen LogP contribution in [0.1, 0.15) is 49.7 Å². The van der Waals surface area contributed by atoms with Gasteiger partial charge >= 0.3 is 12.1 Å². The fraction of sp³-hybridized carbons (Fsp3) is 0.516. The van der Waals surface area contributed by atoms with Gasteiger partial charge in [-0.1, -0.05) is 6.07 Å². The Kier molecular flexibility index (Phi) is 10.6. The largest absolute Gasteiger partial charge is 0.483 e. The van der Waals surface area contributed by atoms with E-state index in [1.54, 1.807) is 32.9 Å². The van der Waals surface area contributed by atoms with E-state index in [9.17, 15) is 33.9 Å². The van der Waals surface area contributed by atoms with Gasteiger partial charge < -0.3 is 39.9 Å². The number of ether oxygens (including phenoxy) is 2. The standard InChI is InChI=1S/C31H40N6O9/c1-5-45-30(44)36-14-12-35(13-15-36)28(42)21(8-9-26(39)40)34-27(41)23-17-24(20-7-6-19(2)16-22(20)33-23)46-18-25(38)37-11-10-32-29(43)31(37,3)4/h6-7,16-17,21H,5,8-15,18H2,1-4H3,(H,32,43)(H,34,41)(H,39,40)/t21-/m0/s1. The number of aliphatic carboxylic acids is 1. The summed E-state index contributed by atoms with van der Waals surface area (Å²) in [6, 6.07) is 5.53. The zero-order valence-corrected chi connectivity index (χ0v) is 26.5. The summed E-state index contributed by atoms with van der Waals surface area (Å²) in [5.74, 6) is -2.83. The van der Waals surface area contributed by atoms with Crippen LogP contribution in [-0.4, -0.2) is 125 Å². The summed E-state index contributed by atoms with van der Waals surface area (Å²) in [6.45, 7) is 8.14. The van der Waals surface area contributed by atoms with Gasteiger partial charge in [0.05, 0.1) is 12.1 Å². The molecular weight excluding hydrogens is 600 g/mol. The molecule has 3 heterocycles. The van der Waals surface area contributed by atoms with E-state index in [0.29, 0.717) is 24.0 Å². The van der Waals surface area contributed by atoms with E-state index in [4.69, 9.17) is 9.47 Å². The Bertz CT molecular complexity index is 1520. The minimum atomic E-state index is -1.17. The number of benzene rings is 1. The normalized spacial score (nSPS) is 16.8. The molecule has 2 aliphatic rings. The zero-order chi connectivity index (χ0) is 33.6. The average Bonchev–Trinajstić information content (AvgIpc) is 3.02. The summed E-state index contributed by atoms with van der Waals surface area (Å²) >= 11 is 0. The van der Waals surface area contributed by atoms with Crippen LogP contribution in [0.5, 0.6) is 5.75 Å². The predicted octanol–water partition coefficient (Wildman–Crippen LogP) is 0.923. The second kappa shape index (κ2) is 14.4. The molecule has 0 bridgehead atoms. The van der Waals surface area contributed by atoms with E-state index in [1.807, 2.05) is 13.0 Å². The fourth-order valence-corrected chi connectivity index (χ4v) is 5.40. The van der Waals surface area contributed by atoms with Gasteiger partial charge in [0.25, 0.3) is 11.8 Å². The SMILES string of the molecule is CCOC(=O)N1CCN(C(=O)[C@H](CCC(=O)O)NC(=O)c2cc(OCC(=O)N3CCNC(=O)C3(C)C)c3ccc(C)cc3n2)CC1. The van der Waals surface area contributed by atoms with Crippen molar-refractivity contribution >= 4 is 46.6 Å². The molecule has 0 aliphatic carbocycles. The van der Waals surface area contributed by atoms with Crippen molar-refractivity contribution in [1.82, 2.24) is 30.3 Å². The van der Waals surface area contributed by atoms with Crippen molar-refractivity contribution in [3.05, 3.63) is 35.5 Å². The molecule has 15 nitrogen and oxygen atoms in total. The first-order valence-electron chi connectivity index (χ1n) is 15.2. The molecule has 1 aromatic heterocycles. The molecule has 0 saturated carbocycles. The van der Waals surface area contributed by atoms with Gasteiger partial charge in [-0.15, -0.1) is 0 Å². The highest BCUT2D eigenvalue weighted by Crippen LogP contribution is 2.27. The number of pyridine rings is 1. The predicted molar refractivity (Wildman–Crippen MR) is 164 cm³/mol. The number of fused-ring (bicyclic) bond motifs is 1. The van der Waals surface area contributed by atoms with Crippen LogP contribution in [0, 0.1) is 6.92 Å². The number of carbonyl (C=O) groups excluding carboxylic acids is 5. The lowest BCUT2D eigenvalue weighted by molar-refractivity contribution is -0.150. The molecule has 2 aliphatic heterocycles. The van der Waals surface area contributed by atoms with Crippen LogP contribution >= 0.6 is 0 Å². The number of aryl methyl sites for hydroxylation is 1. The number of rotatable bonds is 10. The Hall–Kier alpha value is -4.95. The maximum Gasteiger partial charge on any atom is 0.409 e. The number of piperazine rings is 2. The van der Waals surface area contributed by atoms with Crippen LogP contribution in [0.3, 0.4) is 0 Å². The second-order valence-corrected chi connectivity index (χ2v) is 11.6. The molecule has 4 rings (SSSR count). The van der Waals surface area contributed by atoms with Gasteiger partial charge in [0.2, 0.25) is 11.8 Å². The number of amides is 5. The molecule has 248 valence electrons. The first kappa shape index (κ1) is 33.9. The van der Waals surface area contributed by atoms with Crippen molar-refractivity contribution in [3.8, 4) is 5.75 Å². The highest BCUT2D eigenvalue weighted by molar-refractivity contribution is 6.00. The van der Waals surface area contributed by atoms with Crippen LogP contribution in [0.4, 0.5) is 4.79 Å². The Labute approximate surface area is 266 Å². The highest BCUT2D eigenvalue weighted by Gasteiger charge is 2.40. The fourth-order valence-electron chi connectivity index (χ4n) is 5.40. The van der Waals surface area contributed by atoms with Crippen molar-refractivity contribution < 1.29 is 43.3 Å². The minimum absolute atomic E-state index is 0.0986. The number of carboxylic acid groups (broad SMARTS) is 1. The van der Waals surface area contributed by atoms with Crippen molar-refractivity contribution in [3.63, 3.8) is 0 Å². The van der Waals surface area contributed by atoms with Crippen LogP contribution in [0.25, 0.3) is 10.9 Å². The molecule has 5 amide bonds. The lowest BCUT2D eigenvalue weighted by atomic mass is 9.99. The van der Waals surface area contributed by atoms with E-state index in [-0.39, 0.29) is 63.0 Å². The third kappa shape index (κ3) is 7.82. The number of nitrogens with one attached hydrogen (secondary N) is 2. The van der Waals surface area contributed by atoms with Gasteiger partial charge in [0.1, 0.15) is 23.0 Å². The van der Waals surface area contributed by atoms with Gasteiger partial charge in [-0.05, 0) is 51.8 Å². The molecule has 15 heteroatoms. The molecular formula is C31H40N6O9. The number of carbonyl (C=O) groups is 6. The van der Waals surface area contributed by atoms with Crippen LogP contribution in [0.15, 0.2) is 24.3 Å². The summed E-state index contributed by atoms with van der Waals surface area (Å²) < 4.78 is 10.9. The molecule has 0 radical (unpaired) electrons. The zero-order valence-electron chi connectivity index (χ0n) is 26.5. The van der Waals surface area contributed by atoms with Gasteiger partial charge in [-0.25, -0.2) is 9.78 Å². The van der Waals surface area contributed by atoms with Gasteiger partial charge in [-0.3, -0.25) is 24.0 Å². The van der Waals surface area contributed by atoms with E-state index in [2.05, 4.69) is 15.6 Å². The third-order valence-corrected chi connectivity index (χ3v) is 8.03. The Morgan fingerprint density at radius 3 is 2.43 bits per heavy atom. The second-order valence-electron chi connectivity index (χ2n) is 11.6. The van der Waals surface area contributed by atoms with Crippen LogP contribution in [0.2, 0.25) is 0 Å². The maximum absolute atomic E-state index is 13.6. The van der Waals surface area contributed by atoms with Crippen molar-refractivity contribution in [2.45, 2.75) is 52.1 Å². The first-order chi connectivity index (χ1) is 21.8. The molecule has 2 aromatic rings. The quantitative estimate of drug-likeness (QED) is 0.337. The number of hydrogen-bond donors (Lipinski definition) is 3. The Morgan fingerprint density at radius 2 is 1.76 bits per heavy atom. The number of carboxylic acids is 1. The topological polar surface area (TPSA) is 188 Å². The number of hydrogen-bond acceptors (Lipinski definition) is 9. The molecule has 1 atom stereocenters. The van der Waals surface area contributed by atoms with Gasteiger partial charge in [0, 0.05) is 57.1 Å². The lowest BCUT2D eigenvalue weighted by Crippen LogP contribution is -2.64. The van der Waals surface area contributed by atoms with E-state index < -0.39 is 48.0 Å². The van der Waals surface area contributed by atoms with Crippen molar-refractivity contribution in [2.24, 2.45) is 0 Å². The number of aromatic nitrogens is 1. The van der Waals surface area contributed by atoms with Crippen molar-refractivity contribution in [2.75, 3.05) is 52.5 Å². The Morgan fingerprint density at radius 1 is 1.07 bits per heavy atom. The maximum atomic E-state index is 13.6. The van der Waals surface area contributed by atoms with Gasteiger partial charge in [0.15, 0.2) is 6.61 Å². The summed E-state index contributed by atoms with van der Waals surface area (Å²) in [7, 11) is 0. The van der Waals surface area contributed by atoms with Crippen molar-refractivity contribution in [1.29, 1.82) is 0 Å². The molecule has 46 heavy (non-hydrogen) atoms. The van der Waals surface area contributed by atoms with Gasteiger partial charge in [-0.2, -0.15) is 0 Å². The van der Waals surface area contributed by atoms with E-state index in [1.165, 1.54) is 20.8 Å². The molecule has 1 aromatic carbocycles. The Balaban J connectivity index is 1.53. The third-order valence-electron chi connectivity index (χ3n) is 8.03. The van der Waals surface area contributed by atoms with E-state index >= 15 is 0 Å². The molecule has 3 N–H and O–H groups in total. The summed E-state index contributed by atoms with van der Waals surface area (Å²) in [4.78, 5) is 84.8. The summed E-state index contributed by atoms with van der Waals surface area (Å²) in [5, 5.41) is 15.2.